The minimum Gasteiger partial charge on any atom is -0.476 e. The van der Waals surface area contributed by atoms with Gasteiger partial charge in [-0.3, -0.25) is 9.09 Å². The molecule has 3 N–H and O–H groups in total. The summed E-state index contributed by atoms with van der Waals surface area (Å²) in [5.41, 5.74) is -5.22. The molecule has 0 bridgehead atoms. The summed E-state index contributed by atoms with van der Waals surface area (Å²) in [7, 11) is -4.80. The van der Waals surface area contributed by atoms with Crippen LogP contribution in [0.25, 0.3) is 11.2 Å². The van der Waals surface area contributed by atoms with Crippen molar-refractivity contribution in [2.45, 2.75) is 63.1 Å². The normalized spacial score (nSPS) is 26.6. The van der Waals surface area contributed by atoms with Gasteiger partial charge in [-0.15, -0.1) is 0 Å². The van der Waals surface area contributed by atoms with Crippen LogP contribution in [-0.2, 0) is 41.7 Å². The van der Waals surface area contributed by atoms with Crippen LogP contribution in [0.4, 0.5) is 13.2 Å². The number of aromatic nitrogens is 4. The minimum atomic E-state index is -4.80. The number of cyclic esters (lactones) is 1. The lowest BCUT2D eigenvalue weighted by molar-refractivity contribution is -0.156. The number of hydrogen-bond acceptors (Lipinski definition) is 12. The average molecular weight is 728 g/mol. The summed E-state index contributed by atoms with van der Waals surface area (Å²) < 4.78 is 85.7. The van der Waals surface area contributed by atoms with E-state index in [1.807, 2.05) is 0 Å². The summed E-state index contributed by atoms with van der Waals surface area (Å²) in [5, 5.41) is 25.4. The van der Waals surface area contributed by atoms with Gasteiger partial charge >= 0.3 is 19.9 Å². The molecule has 0 aliphatic carbocycles. The number of fused-ring (bicyclic) bond motifs is 2. The van der Waals surface area contributed by atoms with E-state index in [4.69, 9.17) is 34.9 Å². The molecule has 6 atom stereocenters. The fourth-order valence-corrected chi connectivity index (χ4v) is 7.55. The van der Waals surface area contributed by atoms with Gasteiger partial charge in [0.05, 0.1) is 25.1 Å². The van der Waals surface area contributed by atoms with Gasteiger partial charge in [-0.2, -0.15) is 23.2 Å². The Balaban J connectivity index is 1.32. The lowest BCUT2D eigenvalue weighted by atomic mass is 9.85. The van der Waals surface area contributed by atoms with Crippen LogP contribution >= 0.6 is 19.3 Å². The lowest BCUT2D eigenvalue weighted by Crippen LogP contribution is -2.50. The van der Waals surface area contributed by atoms with Crippen molar-refractivity contribution in [2.75, 3.05) is 13.2 Å². The third-order valence-electron chi connectivity index (χ3n) is 8.20. The van der Waals surface area contributed by atoms with E-state index in [0.717, 1.165) is 12.1 Å². The Morgan fingerprint density at radius 1 is 1.16 bits per heavy atom. The molecule has 4 unspecified atom stereocenters. The Morgan fingerprint density at radius 2 is 1.90 bits per heavy atom. The molecule has 2 aliphatic rings. The number of aliphatic hydroxyl groups is 2. The van der Waals surface area contributed by atoms with E-state index in [1.54, 1.807) is 6.92 Å². The Bertz CT molecular complexity index is 1930. The van der Waals surface area contributed by atoms with Crippen molar-refractivity contribution < 1.29 is 56.0 Å². The Labute approximate surface area is 281 Å². The quantitative estimate of drug-likeness (QED) is 0.152. The minimum absolute atomic E-state index is 0.0512. The van der Waals surface area contributed by atoms with Crippen LogP contribution in [0.3, 0.4) is 0 Å². The van der Waals surface area contributed by atoms with Gasteiger partial charge in [0.25, 0.3) is 0 Å². The van der Waals surface area contributed by atoms with Crippen LogP contribution in [0.5, 0.6) is 11.6 Å². The highest BCUT2D eigenvalue weighted by molar-refractivity contribution is 7.52. The zero-order chi connectivity index (χ0) is 35.4. The van der Waals surface area contributed by atoms with Gasteiger partial charge in [0.1, 0.15) is 42.0 Å². The van der Waals surface area contributed by atoms with Gasteiger partial charge in [-0.05, 0) is 56.7 Å². The summed E-state index contributed by atoms with van der Waals surface area (Å²) in [6.45, 7) is 3.15. The van der Waals surface area contributed by atoms with E-state index in [9.17, 15) is 32.7 Å². The van der Waals surface area contributed by atoms with Crippen LogP contribution in [0.2, 0.25) is 5.02 Å². The lowest BCUT2D eigenvalue weighted by Gasteiger charge is -2.37. The maximum atomic E-state index is 14.5. The smallest absolute Gasteiger partial charge is 0.460 e. The number of nitrogens with one attached hydrogen (secondary N) is 1. The van der Waals surface area contributed by atoms with Crippen LogP contribution < -0.4 is 14.3 Å². The van der Waals surface area contributed by atoms with Crippen molar-refractivity contribution in [1.82, 2.24) is 24.6 Å². The number of rotatable bonds is 10. The van der Waals surface area contributed by atoms with Crippen molar-refractivity contribution in [3.05, 3.63) is 76.8 Å². The van der Waals surface area contributed by atoms with E-state index in [2.05, 4.69) is 20.0 Å². The molecular formula is C30H30ClF3N5O9P. The molecule has 0 amide bonds. The van der Waals surface area contributed by atoms with Gasteiger partial charge in [0.2, 0.25) is 5.88 Å². The summed E-state index contributed by atoms with van der Waals surface area (Å²) in [5.74, 6) is -0.914. The van der Waals surface area contributed by atoms with E-state index in [-0.39, 0.29) is 33.9 Å². The van der Waals surface area contributed by atoms with Crippen molar-refractivity contribution in [3.8, 4) is 11.6 Å². The largest absolute Gasteiger partial charge is 0.476 e. The first-order chi connectivity index (χ1) is 23.1. The third kappa shape index (κ3) is 6.47. The number of alkyl halides is 3. The molecule has 1 fully saturated rings. The highest BCUT2D eigenvalue weighted by Gasteiger charge is 2.55. The van der Waals surface area contributed by atoms with E-state index in [1.165, 1.54) is 61.4 Å². The van der Waals surface area contributed by atoms with Gasteiger partial charge in [-0.1, -0.05) is 23.7 Å². The molecule has 19 heteroatoms. The standard InChI is InChI=1S/C30H30ClF3N5O9P/c1-4-44-25-22-24(35-14-36-25)39(15-37-22)26-29(3,42)23(40)21(47-26)13-46-49(43,48-17-10-8-16(31)9-11-17)38-28(2)19-6-5-7-20(30(32,33)34)18(19)12-45-27(28)41/h5-11,14-15,21,23,26,40,42H,4,12-13H2,1-3H3,(H,38,43)/t21?,23-,26?,28?,29-,49?/m1/s1. The number of imidazole rings is 1. The molecule has 14 nitrogen and oxygen atoms in total. The second kappa shape index (κ2) is 12.8. The van der Waals surface area contributed by atoms with Crippen LogP contribution in [0, 0.1) is 0 Å². The van der Waals surface area contributed by atoms with E-state index in [0.29, 0.717) is 11.6 Å². The van der Waals surface area contributed by atoms with E-state index >= 15 is 0 Å². The third-order valence-corrected chi connectivity index (χ3v) is 10.1. The molecule has 2 aromatic heterocycles. The first-order valence-electron chi connectivity index (χ1n) is 14.8. The number of carbonyl (C=O) groups excluding carboxylic acids is 1. The zero-order valence-corrected chi connectivity index (χ0v) is 27.7. The van der Waals surface area contributed by atoms with Crippen LogP contribution in [0.15, 0.2) is 55.1 Å². The SMILES string of the molecule is CCOc1ncnc2c1ncn2C1OC(COP(=O)(NC2(C)C(=O)OCc3c(C(F)(F)F)cccc32)Oc2ccc(Cl)cc2)[C@@H](O)[C@@]1(C)O. The predicted octanol–water partition coefficient (Wildman–Crippen LogP) is 4.67. The molecule has 2 aliphatic heterocycles. The molecule has 6 rings (SSSR count). The number of ether oxygens (including phenoxy) is 3. The number of nitrogens with zero attached hydrogens (tertiary/aromatic N) is 4. The fraction of sp³-hybridized carbons (Fsp3) is 0.400. The van der Waals surface area contributed by atoms with E-state index < -0.39 is 68.2 Å². The number of carbonyl (C=O) groups is 1. The molecule has 4 heterocycles. The number of aliphatic hydroxyl groups excluding tert-OH is 1. The molecule has 4 aromatic rings. The maximum Gasteiger partial charge on any atom is 0.460 e. The van der Waals surface area contributed by atoms with Crippen molar-refractivity contribution in [2.24, 2.45) is 0 Å². The fourth-order valence-electron chi connectivity index (χ4n) is 5.76. The Kier molecular flexibility index (Phi) is 9.15. The Hall–Kier alpha value is -3.83. The maximum absolute atomic E-state index is 14.5. The number of halogens is 4. The molecule has 0 radical (unpaired) electrons. The van der Waals surface area contributed by atoms with Gasteiger partial charge in [-0.25, -0.2) is 19.3 Å². The number of benzene rings is 2. The summed E-state index contributed by atoms with van der Waals surface area (Å²) in [6, 6.07) is 8.76. The van der Waals surface area contributed by atoms with Crippen LogP contribution in [-0.4, -0.2) is 66.7 Å². The summed E-state index contributed by atoms with van der Waals surface area (Å²) in [6.07, 6.45) is -6.56. The highest BCUT2D eigenvalue weighted by Crippen LogP contribution is 2.52. The zero-order valence-electron chi connectivity index (χ0n) is 26.0. The molecule has 49 heavy (non-hydrogen) atoms. The number of hydrogen-bond donors (Lipinski definition) is 3. The number of esters is 1. The van der Waals surface area contributed by atoms with Gasteiger partial charge < -0.3 is 28.9 Å². The van der Waals surface area contributed by atoms with Crippen molar-refractivity contribution in [3.63, 3.8) is 0 Å². The topological polar surface area (TPSA) is 176 Å². The van der Waals surface area contributed by atoms with Crippen molar-refractivity contribution >= 4 is 36.5 Å². The molecular weight excluding hydrogens is 698 g/mol. The second-order valence-electron chi connectivity index (χ2n) is 11.6. The Morgan fingerprint density at radius 3 is 2.59 bits per heavy atom. The average Bonchev–Trinajstić information content (AvgIpc) is 3.57. The first kappa shape index (κ1) is 35.0. The highest BCUT2D eigenvalue weighted by atomic mass is 35.5. The van der Waals surface area contributed by atoms with Gasteiger partial charge in [0, 0.05) is 10.6 Å². The molecule has 2 aromatic carbocycles. The van der Waals surface area contributed by atoms with Gasteiger partial charge in [0.15, 0.2) is 17.4 Å². The monoisotopic (exact) mass is 727 g/mol. The molecule has 1 saturated heterocycles. The summed E-state index contributed by atoms with van der Waals surface area (Å²) in [4.78, 5) is 25.8. The summed E-state index contributed by atoms with van der Waals surface area (Å²) >= 11 is 5.98. The van der Waals surface area contributed by atoms with Crippen molar-refractivity contribution in [1.29, 1.82) is 0 Å². The predicted molar refractivity (Wildman–Crippen MR) is 164 cm³/mol. The second-order valence-corrected chi connectivity index (χ2v) is 13.7. The first-order valence-corrected chi connectivity index (χ1v) is 16.7. The molecule has 262 valence electrons. The van der Waals surface area contributed by atoms with Crippen LogP contribution in [0.1, 0.15) is 43.7 Å². The molecule has 0 spiro atoms. The molecule has 0 saturated carbocycles.